The molecule has 1 aliphatic heterocycles. The number of carbonyl (C=O) groups is 3. The first-order valence-corrected chi connectivity index (χ1v) is 10.4. The summed E-state index contributed by atoms with van der Waals surface area (Å²) in [4.78, 5) is 40.2. The number of urea groups is 1. The molecule has 0 unspecified atom stereocenters. The summed E-state index contributed by atoms with van der Waals surface area (Å²) in [5.41, 5.74) is 2.33. The van der Waals surface area contributed by atoms with E-state index in [0.717, 1.165) is 16.2 Å². The third kappa shape index (κ3) is 3.75. The highest BCUT2D eigenvalue weighted by Crippen LogP contribution is 2.33. The highest BCUT2D eigenvalue weighted by atomic mass is 16.2. The molecule has 0 aliphatic carbocycles. The van der Waals surface area contributed by atoms with Crippen LogP contribution in [0.1, 0.15) is 22.5 Å². The second-order valence-electron chi connectivity index (χ2n) is 7.97. The molecule has 2 N–H and O–H groups in total. The van der Waals surface area contributed by atoms with Crippen LogP contribution < -0.4 is 10.6 Å². The molecule has 32 heavy (non-hydrogen) atoms. The average Bonchev–Trinajstić information content (AvgIpc) is 3.17. The zero-order valence-corrected chi connectivity index (χ0v) is 18.3. The van der Waals surface area contributed by atoms with E-state index in [9.17, 15) is 14.4 Å². The summed E-state index contributed by atoms with van der Waals surface area (Å²) < 4.78 is 1.67. The lowest BCUT2D eigenvalue weighted by Gasteiger charge is -2.27. The van der Waals surface area contributed by atoms with Crippen LogP contribution in [0.3, 0.4) is 0 Å². The Bertz CT molecular complexity index is 1170. The van der Waals surface area contributed by atoms with Gasteiger partial charge in [-0.3, -0.25) is 19.2 Å². The number of hydrogen-bond acceptors (Lipinski definition) is 4. The van der Waals surface area contributed by atoms with Gasteiger partial charge in [-0.25, -0.2) is 4.79 Å². The van der Waals surface area contributed by atoms with E-state index in [1.54, 1.807) is 18.7 Å². The first-order chi connectivity index (χ1) is 15.3. The quantitative estimate of drug-likeness (QED) is 0.587. The van der Waals surface area contributed by atoms with Crippen LogP contribution in [0.4, 0.5) is 10.5 Å². The van der Waals surface area contributed by atoms with E-state index in [1.807, 2.05) is 67.6 Å². The molecule has 8 nitrogen and oxygen atoms in total. The minimum absolute atomic E-state index is 0.279. The van der Waals surface area contributed by atoms with Crippen LogP contribution in [0.15, 0.2) is 60.7 Å². The van der Waals surface area contributed by atoms with Gasteiger partial charge in [-0.15, -0.1) is 0 Å². The van der Waals surface area contributed by atoms with E-state index >= 15 is 0 Å². The zero-order chi connectivity index (χ0) is 22.9. The molecule has 1 fully saturated rings. The van der Waals surface area contributed by atoms with Gasteiger partial charge in [-0.05, 0) is 25.0 Å². The molecule has 1 aliphatic rings. The fourth-order valence-corrected chi connectivity index (χ4v) is 4.09. The second kappa shape index (κ2) is 8.30. The first kappa shape index (κ1) is 21.3. The number of nitrogens with zero attached hydrogens (tertiary/aromatic N) is 3. The molecular formula is C24H25N5O3. The molecule has 0 bridgehead atoms. The Labute approximate surface area is 186 Å². The number of aromatic nitrogens is 2. The number of anilines is 1. The van der Waals surface area contributed by atoms with Gasteiger partial charge in [0.2, 0.25) is 5.91 Å². The first-order valence-electron chi connectivity index (χ1n) is 10.4. The Morgan fingerprint density at radius 2 is 1.66 bits per heavy atom. The Balaban J connectivity index is 1.61. The lowest BCUT2D eigenvalue weighted by atomic mass is 9.83. The predicted octanol–water partition coefficient (Wildman–Crippen LogP) is 2.67. The van der Waals surface area contributed by atoms with Gasteiger partial charge >= 0.3 is 6.03 Å². The van der Waals surface area contributed by atoms with E-state index in [0.29, 0.717) is 16.9 Å². The van der Waals surface area contributed by atoms with E-state index in [2.05, 4.69) is 15.7 Å². The monoisotopic (exact) mass is 431 g/mol. The third-order valence-corrected chi connectivity index (χ3v) is 5.83. The minimum atomic E-state index is -1.28. The molecule has 1 atom stereocenters. The zero-order valence-electron chi connectivity index (χ0n) is 18.3. The molecule has 4 rings (SSSR count). The number of hydrogen-bond donors (Lipinski definition) is 2. The van der Waals surface area contributed by atoms with Crippen molar-refractivity contribution in [3.63, 3.8) is 0 Å². The van der Waals surface area contributed by atoms with Crippen molar-refractivity contribution < 1.29 is 14.4 Å². The van der Waals surface area contributed by atoms with Crippen LogP contribution >= 0.6 is 0 Å². The number of aryl methyl sites for hydroxylation is 2. The van der Waals surface area contributed by atoms with Gasteiger partial charge in [-0.1, -0.05) is 60.7 Å². The number of carbonyl (C=O) groups excluding carboxylic acids is 3. The Morgan fingerprint density at radius 3 is 2.25 bits per heavy atom. The van der Waals surface area contributed by atoms with Gasteiger partial charge in [-0.2, -0.15) is 5.10 Å². The number of imide groups is 1. The average molecular weight is 431 g/mol. The van der Waals surface area contributed by atoms with Gasteiger partial charge in [0, 0.05) is 13.5 Å². The summed E-state index contributed by atoms with van der Waals surface area (Å²) >= 11 is 0. The van der Waals surface area contributed by atoms with Crippen LogP contribution in [0, 0.1) is 13.8 Å². The fourth-order valence-electron chi connectivity index (χ4n) is 4.09. The number of benzene rings is 2. The van der Waals surface area contributed by atoms with Crippen molar-refractivity contribution in [2.45, 2.75) is 25.8 Å². The molecule has 0 spiro atoms. The normalized spacial score (nSPS) is 18.0. The molecule has 2 aromatic carbocycles. The molecule has 3 aromatic rings. The third-order valence-electron chi connectivity index (χ3n) is 5.83. The molecular weight excluding hydrogens is 406 g/mol. The molecule has 0 radical (unpaired) electrons. The maximum atomic E-state index is 13.6. The van der Waals surface area contributed by atoms with Crippen LogP contribution in [-0.4, -0.2) is 39.1 Å². The Morgan fingerprint density at radius 1 is 1.03 bits per heavy atom. The lowest BCUT2D eigenvalue weighted by molar-refractivity contribution is -0.134. The highest BCUT2D eigenvalue weighted by molar-refractivity contribution is 6.10. The van der Waals surface area contributed by atoms with Crippen molar-refractivity contribution in [1.82, 2.24) is 20.0 Å². The standard InChI is InChI=1S/C24H25N5O3/c1-16-21(17(2)28(3)27-16)25-20(30)15-29-22(31)24(26-23(29)32,19-12-8-5-9-13-19)14-18-10-6-4-7-11-18/h4-13H,14-15H2,1-3H3,(H,25,30)(H,26,32)/t24-/m1/s1. The molecule has 2 heterocycles. The summed E-state index contributed by atoms with van der Waals surface area (Å²) in [7, 11) is 1.78. The van der Waals surface area contributed by atoms with E-state index in [4.69, 9.17) is 0 Å². The Kier molecular flexibility index (Phi) is 5.52. The van der Waals surface area contributed by atoms with Crippen molar-refractivity contribution in [3.8, 4) is 0 Å². The summed E-state index contributed by atoms with van der Waals surface area (Å²) in [6.07, 6.45) is 0.279. The molecule has 1 aromatic heterocycles. The van der Waals surface area contributed by atoms with Crippen molar-refractivity contribution in [2.75, 3.05) is 11.9 Å². The van der Waals surface area contributed by atoms with Crippen molar-refractivity contribution in [2.24, 2.45) is 7.05 Å². The van der Waals surface area contributed by atoms with E-state index in [1.165, 1.54) is 0 Å². The van der Waals surface area contributed by atoms with E-state index < -0.39 is 23.4 Å². The van der Waals surface area contributed by atoms with E-state index in [-0.39, 0.29) is 13.0 Å². The van der Waals surface area contributed by atoms with Crippen LogP contribution in [0.25, 0.3) is 0 Å². The molecule has 1 saturated heterocycles. The minimum Gasteiger partial charge on any atom is -0.321 e. The number of amides is 4. The van der Waals surface area contributed by atoms with Gasteiger partial charge < -0.3 is 10.6 Å². The van der Waals surface area contributed by atoms with Gasteiger partial charge in [0.25, 0.3) is 5.91 Å². The predicted molar refractivity (Wildman–Crippen MR) is 120 cm³/mol. The van der Waals surface area contributed by atoms with Crippen LogP contribution in [0.5, 0.6) is 0 Å². The maximum Gasteiger partial charge on any atom is 0.325 e. The van der Waals surface area contributed by atoms with Crippen molar-refractivity contribution >= 4 is 23.5 Å². The van der Waals surface area contributed by atoms with Crippen LogP contribution in [0.2, 0.25) is 0 Å². The summed E-state index contributed by atoms with van der Waals surface area (Å²) in [5, 5.41) is 9.93. The summed E-state index contributed by atoms with van der Waals surface area (Å²) in [5.74, 6) is -0.913. The maximum absolute atomic E-state index is 13.6. The largest absolute Gasteiger partial charge is 0.325 e. The molecule has 4 amide bonds. The van der Waals surface area contributed by atoms with Gasteiger partial charge in [0.1, 0.15) is 6.54 Å². The Hall–Kier alpha value is -3.94. The van der Waals surface area contributed by atoms with Gasteiger partial charge in [0.15, 0.2) is 5.54 Å². The second-order valence-corrected chi connectivity index (χ2v) is 7.97. The molecule has 8 heteroatoms. The molecule has 0 saturated carbocycles. The number of nitrogens with one attached hydrogen (secondary N) is 2. The number of rotatable bonds is 6. The van der Waals surface area contributed by atoms with Crippen molar-refractivity contribution in [1.29, 1.82) is 0 Å². The lowest BCUT2D eigenvalue weighted by Crippen LogP contribution is -2.46. The highest BCUT2D eigenvalue weighted by Gasteiger charge is 2.52. The van der Waals surface area contributed by atoms with Crippen molar-refractivity contribution in [3.05, 3.63) is 83.2 Å². The topological polar surface area (TPSA) is 96.3 Å². The molecule has 164 valence electrons. The van der Waals surface area contributed by atoms with Gasteiger partial charge in [0.05, 0.1) is 17.1 Å². The smallest absolute Gasteiger partial charge is 0.321 e. The summed E-state index contributed by atoms with van der Waals surface area (Å²) in [6.45, 7) is 3.24. The fraction of sp³-hybridized carbons (Fsp3) is 0.250. The summed E-state index contributed by atoms with van der Waals surface area (Å²) in [6, 6.07) is 18.0. The van der Waals surface area contributed by atoms with Crippen LogP contribution in [-0.2, 0) is 28.6 Å². The SMILES string of the molecule is Cc1nn(C)c(C)c1NC(=O)CN1C(=O)N[C@](Cc2ccccc2)(c2ccccc2)C1=O.